The average Bonchev–Trinajstić information content (AvgIpc) is 3.78. The first-order chi connectivity index (χ1) is 27.5. The summed E-state index contributed by atoms with van der Waals surface area (Å²) in [4.78, 5) is 67.7. The maximum absolute atomic E-state index is 14.5. The summed E-state index contributed by atoms with van der Waals surface area (Å²) in [5.41, 5.74) is 0.665. The van der Waals surface area contributed by atoms with Crippen LogP contribution in [0.4, 0.5) is 14.4 Å². The van der Waals surface area contributed by atoms with Crippen LogP contribution in [0.15, 0.2) is 60.7 Å². The second kappa shape index (κ2) is 21.8. The molecule has 2 saturated carbocycles. The molecule has 6 atom stereocenters. The summed E-state index contributed by atoms with van der Waals surface area (Å²) in [6, 6.07) is 18.3. The number of alkyl carbamates (subject to hydrolysis) is 3. The Morgan fingerprint density at radius 1 is 0.690 bits per heavy atom. The van der Waals surface area contributed by atoms with E-state index in [1.165, 1.54) is 5.56 Å². The second-order valence-electron chi connectivity index (χ2n) is 17.6. The number of nitrogens with zero attached hydrogens (tertiary/aromatic N) is 1. The van der Waals surface area contributed by atoms with E-state index in [4.69, 9.17) is 14.2 Å². The van der Waals surface area contributed by atoms with Crippen LogP contribution < -0.4 is 21.3 Å². The number of benzene rings is 2. The number of rotatable bonds is 19. The van der Waals surface area contributed by atoms with Gasteiger partial charge in [-0.1, -0.05) is 60.7 Å². The van der Waals surface area contributed by atoms with Crippen LogP contribution in [0, 0.1) is 11.8 Å². The Morgan fingerprint density at radius 2 is 1.22 bits per heavy atom. The highest BCUT2D eigenvalue weighted by atomic mass is 16.6. The van der Waals surface area contributed by atoms with Gasteiger partial charge in [-0.15, -0.1) is 0 Å². The monoisotopic (exact) mass is 805 g/mol. The number of carbonyl (C=O) groups excluding carboxylic acids is 5. The molecule has 4 N–H and O–H groups in total. The van der Waals surface area contributed by atoms with Gasteiger partial charge in [0.05, 0.1) is 0 Å². The summed E-state index contributed by atoms with van der Waals surface area (Å²) in [5, 5.41) is 11.2. The van der Waals surface area contributed by atoms with Gasteiger partial charge in [-0.3, -0.25) is 9.59 Å². The van der Waals surface area contributed by atoms with Gasteiger partial charge in [-0.25, -0.2) is 14.4 Å². The second-order valence-corrected chi connectivity index (χ2v) is 17.6. The van der Waals surface area contributed by atoms with E-state index in [1.54, 1.807) is 41.5 Å². The lowest BCUT2D eigenvalue weighted by molar-refractivity contribution is -0.137. The van der Waals surface area contributed by atoms with E-state index in [1.807, 2.05) is 48.2 Å². The molecule has 2 aliphatic carbocycles. The van der Waals surface area contributed by atoms with Crippen LogP contribution in [-0.2, 0) is 30.4 Å². The van der Waals surface area contributed by atoms with Gasteiger partial charge < -0.3 is 40.4 Å². The molecule has 2 aliphatic rings. The standard InChI is InChI=1S/C45H67N5O8/c1-8-50(38-34-26-25-33(29-34)37(38)32-21-13-10-14-22-32)40(52)36(49-43(55)58-45(5,6)7)24-16-17-27-46-39(51)35(48-42(54)57-44(2,3)4)23-15-18-28-47-41(53)56-30-31-19-11-9-12-20-31/h9-14,19-22,33-38H,8,15-18,23-30H2,1-7H3,(H,46,51)(H,47,53)(H,48,54)(H,49,55)/t33?,34?,35?,36-,37?,38?/m0/s1. The molecule has 0 radical (unpaired) electrons. The van der Waals surface area contributed by atoms with Crippen LogP contribution in [0.1, 0.15) is 123 Å². The number of ether oxygens (including phenoxy) is 3. The lowest BCUT2D eigenvalue weighted by atomic mass is 9.78. The highest BCUT2D eigenvalue weighted by Gasteiger charge is 2.51. The SMILES string of the molecule is CCN(C(=O)[C@H](CCCCNC(=O)C(CCCCNC(=O)OCc1ccccc1)NC(=O)OC(C)(C)C)NC(=O)OC(C)(C)C)C1C2CCC(C2)C1c1ccccc1. The van der Waals surface area contributed by atoms with E-state index in [9.17, 15) is 24.0 Å². The molecule has 2 aromatic rings. The quantitative estimate of drug-likeness (QED) is 0.0834. The van der Waals surface area contributed by atoms with E-state index in [0.717, 1.165) is 24.8 Å². The van der Waals surface area contributed by atoms with Crippen LogP contribution in [-0.4, -0.2) is 84.0 Å². The van der Waals surface area contributed by atoms with Crippen molar-refractivity contribution in [3.05, 3.63) is 71.8 Å². The predicted octanol–water partition coefficient (Wildman–Crippen LogP) is 7.59. The fourth-order valence-electron chi connectivity index (χ4n) is 8.24. The van der Waals surface area contributed by atoms with Crippen LogP contribution in [0.2, 0.25) is 0 Å². The molecule has 0 saturated heterocycles. The zero-order chi connectivity index (χ0) is 42.3. The minimum Gasteiger partial charge on any atom is -0.445 e. The molecule has 4 rings (SSSR count). The van der Waals surface area contributed by atoms with Gasteiger partial charge in [0.15, 0.2) is 0 Å². The van der Waals surface area contributed by atoms with E-state index < -0.39 is 41.6 Å². The van der Waals surface area contributed by atoms with Crippen molar-refractivity contribution < 1.29 is 38.2 Å². The van der Waals surface area contributed by atoms with Crippen molar-refractivity contribution in [2.75, 3.05) is 19.6 Å². The van der Waals surface area contributed by atoms with Gasteiger partial charge >= 0.3 is 18.3 Å². The smallest absolute Gasteiger partial charge is 0.408 e. The number of nitrogens with one attached hydrogen (secondary N) is 4. The van der Waals surface area contributed by atoms with Gasteiger partial charge in [-0.05, 0) is 129 Å². The zero-order valence-electron chi connectivity index (χ0n) is 35.6. The molecular formula is C45H67N5O8. The van der Waals surface area contributed by atoms with Gasteiger partial charge in [0, 0.05) is 31.6 Å². The molecular weight excluding hydrogens is 739 g/mol. The van der Waals surface area contributed by atoms with Crippen LogP contribution in [0.25, 0.3) is 0 Å². The molecule has 58 heavy (non-hydrogen) atoms. The Kier molecular flexibility index (Phi) is 17.3. The maximum Gasteiger partial charge on any atom is 0.408 e. The predicted molar refractivity (Wildman–Crippen MR) is 223 cm³/mol. The maximum atomic E-state index is 14.5. The number of amides is 5. The Labute approximate surface area is 345 Å². The fourth-order valence-corrected chi connectivity index (χ4v) is 8.24. The largest absolute Gasteiger partial charge is 0.445 e. The number of hydrogen-bond acceptors (Lipinski definition) is 8. The van der Waals surface area contributed by atoms with Crippen molar-refractivity contribution >= 4 is 30.1 Å². The normalized spacial score (nSPS) is 19.6. The van der Waals surface area contributed by atoms with Crippen molar-refractivity contribution in [1.82, 2.24) is 26.2 Å². The van der Waals surface area contributed by atoms with Gasteiger partial charge in [0.2, 0.25) is 11.8 Å². The Balaban J connectivity index is 1.32. The topological polar surface area (TPSA) is 164 Å². The Morgan fingerprint density at radius 3 is 1.81 bits per heavy atom. The minimum absolute atomic E-state index is 0.0551. The Bertz CT molecular complexity index is 1630. The summed E-state index contributed by atoms with van der Waals surface area (Å²) in [5.74, 6) is 0.717. The first kappa shape index (κ1) is 45.9. The summed E-state index contributed by atoms with van der Waals surface area (Å²) in [6.07, 6.45) is 4.34. The van der Waals surface area contributed by atoms with Crippen molar-refractivity contribution in [3.8, 4) is 0 Å². The fraction of sp³-hybridized carbons (Fsp3) is 0.622. The molecule has 0 spiro atoms. The summed E-state index contributed by atoms with van der Waals surface area (Å²) >= 11 is 0. The molecule has 5 unspecified atom stereocenters. The molecule has 320 valence electrons. The Hall–Kier alpha value is -4.81. The highest BCUT2D eigenvalue weighted by molar-refractivity contribution is 5.86. The molecule has 13 heteroatoms. The number of unbranched alkanes of at least 4 members (excludes halogenated alkanes) is 2. The number of hydrogen-bond donors (Lipinski definition) is 4. The molecule has 0 heterocycles. The lowest BCUT2D eigenvalue weighted by Gasteiger charge is -2.41. The molecule has 2 bridgehead atoms. The van der Waals surface area contributed by atoms with Crippen molar-refractivity contribution in [3.63, 3.8) is 0 Å². The third-order valence-electron chi connectivity index (χ3n) is 10.7. The summed E-state index contributed by atoms with van der Waals surface area (Å²) in [7, 11) is 0. The van der Waals surface area contributed by atoms with Crippen molar-refractivity contribution in [2.45, 2.75) is 148 Å². The van der Waals surface area contributed by atoms with Crippen LogP contribution in [0.5, 0.6) is 0 Å². The zero-order valence-corrected chi connectivity index (χ0v) is 35.6. The third kappa shape index (κ3) is 14.8. The number of carbonyl (C=O) groups is 5. The highest BCUT2D eigenvalue weighted by Crippen LogP contribution is 2.55. The van der Waals surface area contributed by atoms with E-state index >= 15 is 0 Å². The summed E-state index contributed by atoms with van der Waals surface area (Å²) in [6.45, 7) is 14.0. The van der Waals surface area contributed by atoms with Crippen LogP contribution in [0.3, 0.4) is 0 Å². The molecule has 2 aromatic carbocycles. The van der Waals surface area contributed by atoms with Gasteiger partial charge in [0.1, 0.15) is 29.9 Å². The first-order valence-electron chi connectivity index (χ1n) is 21.1. The van der Waals surface area contributed by atoms with Gasteiger partial charge in [0.25, 0.3) is 0 Å². The first-order valence-corrected chi connectivity index (χ1v) is 21.1. The van der Waals surface area contributed by atoms with Crippen LogP contribution >= 0.6 is 0 Å². The van der Waals surface area contributed by atoms with E-state index in [0.29, 0.717) is 70.0 Å². The van der Waals surface area contributed by atoms with E-state index in [2.05, 4.69) is 45.5 Å². The van der Waals surface area contributed by atoms with E-state index in [-0.39, 0.29) is 30.4 Å². The molecule has 13 nitrogen and oxygen atoms in total. The number of likely N-dealkylation sites (N-methyl/N-ethyl adjacent to an activating group) is 1. The third-order valence-corrected chi connectivity index (χ3v) is 10.7. The molecule has 2 fully saturated rings. The van der Waals surface area contributed by atoms with Gasteiger partial charge in [-0.2, -0.15) is 0 Å². The van der Waals surface area contributed by atoms with Crippen molar-refractivity contribution in [1.29, 1.82) is 0 Å². The lowest BCUT2D eigenvalue weighted by Crippen LogP contribution is -2.55. The molecule has 5 amide bonds. The molecule has 0 aromatic heterocycles. The minimum atomic E-state index is -0.861. The number of fused-ring (bicyclic) bond motifs is 2. The average molecular weight is 806 g/mol. The molecule has 0 aliphatic heterocycles. The van der Waals surface area contributed by atoms with Crippen molar-refractivity contribution in [2.24, 2.45) is 11.8 Å². The summed E-state index contributed by atoms with van der Waals surface area (Å²) < 4.78 is 16.3.